The highest BCUT2D eigenvalue weighted by molar-refractivity contribution is 6.42. The van der Waals surface area contributed by atoms with Crippen LogP contribution in [0.2, 0.25) is 10.0 Å². The SMILES string of the molecule is NC(CCO)c1nc(-c2ccc(Cl)c(Cl)c2)no1. The van der Waals surface area contributed by atoms with Gasteiger partial charge in [-0.3, -0.25) is 0 Å². The molecule has 1 atom stereocenters. The zero-order valence-electron chi connectivity index (χ0n) is 9.31. The van der Waals surface area contributed by atoms with Crippen molar-refractivity contribution in [3.63, 3.8) is 0 Å². The molecule has 0 saturated carbocycles. The highest BCUT2D eigenvalue weighted by Gasteiger charge is 2.15. The second kappa shape index (κ2) is 5.67. The summed E-state index contributed by atoms with van der Waals surface area (Å²) in [6, 6.07) is 4.57. The average molecular weight is 288 g/mol. The lowest BCUT2D eigenvalue weighted by molar-refractivity contribution is 0.259. The van der Waals surface area contributed by atoms with Gasteiger partial charge in [-0.05, 0) is 24.6 Å². The third kappa shape index (κ3) is 2.81. The van der Waals surface area contributed by atoms with Gasteiger partial charge < -0.3 is 15.4 Å². The van der Waals surface area contributed by atoms with Gasteiger partial charge >= 0.3 is 0 Å². The maximum Gasteiger partial charge on any atom is 0.243 e. The van der Waals surface area contributed by atoms with Crippen LogP contribution in [0, 0.1) is 0 Å². The Morgan fingerprint density at radius 3 is 2.78 bits per heavy atom. The van der Waals surface area contributed by atoms with Crippen molar-refractivity contribution in [3.05, 3.63) is 34.1 Å². The van der Waals surface area contributed by atoms with Crippen LogP contribution in [0.4, 0.5) is 0 Å². The number of hydrogen-bond acceptors (Lipinski definition) is 5. The largest absolute Gasteiger partial charge is 0.396 e. The third-order valence-corrected chi connectivity index (χ3v) is 3.12. The fourth-order valence-electron chi connectivity index (χ4n) is 1.40. The summed E-state index contributed by atoms with van der Waals surface area (Å²) in [6.45, 7) is -0.0361. The number of benzene rings is 1. The Labute approximate surface area is 114 Å². The molecular weight excluding hydrogens is 277 g/mol. The number of halogens is 2. The normalized spacial score (nSPS) is 12.7. The van der Waals surface area contributed by atoms with Crippen LogP contribution in [-0.4, -0.2) is 21.9 Å². The molecule has 0 aliphatic carbocycles. The Bertz CT molecular complexity index is 545. The van der Waals surface area contributed by atoms with Crippen molar-refractivity contribution in [1.29, 1.82) is 0 Å². The van der Waals surface area contributed by atoms with Crippen LogP contribution >= 0.6 is 23.2 Å². The average Bonchev–Trinajstić information content (AvgIpc) is 2.82. The fraction of sp³-hybridized carbons (Fsp3) is 0.273. The number of rotatable bonds is 4. The molecule has 0 radical (unpaired) electrons. The van der Waals surface area contributed by atoms with Gasteiger partial charge in [0.05, 0.1) is 16.1 Å². The second-order valence-corrected chi connectivity index (χ2v) is 4.52. The second-order valence-electron chi connectivity index (χ2n) is 3.70. The van der Waals surface area contributed by atoms with E-state index < -0.39 is 6.04 Å². The first-order valence-corrected chi connectivity index (χ1v) is 6.03. The topological polar surface area (TPSA) is 85.2 Å². The minimum Gasteiger partial charge on any atom is -0.396 e. The maximum absolute atomic E-state index is 8.79. The summed E-state index contributed by atoms with van der Waals surface area (Å²) < 4.78 is 5.03. The Kier molecular flexibility index (Phi) is 4.19. The summed E-state index contributed by atoms with van der Waals surface area (Å²) in [6.07, 6.45) is 0.364. The van der Waals surface area contributed by atoms with Crippen LogP contribution < -0.4 is 5.73 Å². The Balaban J connectivity index is 2.26. The quantitative estimate of drug-likeness (QED) is 0.902. The van der Waals surface area contributed by atoms with Gasteiger partial charge in [-0.1, -0.05) is 28.4 Å². The van der Waals surface area contributed by atoms with Crippen molar-refractivity contribution in [2.45, 2.75) is 12.5 Å². The molecule has 3 N–H and O–H groups in total. The van der Waals surface area contributed by atoms with Gasteiger partial charge in [0.25, 0.3) is 0 Å². The number of aromatic nitrogens is 2. The van der Waals surface area contributed by atoms with E-state index in [4.69, 9.17) is 38.6 Å². The standard InChI is InChI=1S/C11H11Cl2N3O2/c12-7-2-1-6(5-8(7)13)10-15-11(18-16-10)9(14)3-4-17/h1-2,5,9,17H,3-4,14H2. The summed E-state index contributed by atoms with van der Waals surface area (Å²) in [5.74, 6) is 0.669. The van der Waals surface area contributed by atoms with Crippen molar-refractivity contribution in [2.24, 2.45) is 5.73 Å². The molecule has 1 unspecified atom stereocenters. The van der Waals surface area contributed by atoms with Gasteiger partial charge in [-0.15, -0.1) is 0 Å². The molecule has 0 aliphatic rings. The molecule has 0 fully saturated rings. The molecule has 0 saturated heterocycles. The number of aliphatic hydroxyl groups is 1. The van der Waals surface area contributed by atoms with E-state index in [9.17, 15) is 0 Å². The van der Waals surface area contributed by atoms with Gasteiger partial charge in [0.2, 0.25) is 11.7 Å². The smallest absolute Gasteiger partial charge is 0.243 e. The highest BCUT2D eigenvalue weighted by atomic mass is 35.5. The van der Waals surface area contributed by atoms with Crippen molar-refractivity contribution in [2.75, 3.05) is 6.61 Å². The molecule has 0 aliphatic heterocycles. The molecule has 5 nitrogen and oxygen atoms in total. The van der Waals surface area contributed by atoms with Crippen LogP contribution in [0.25, 0.3) is 11.4 Å². The Morgan fingerprint density at radius 2 is 2.11 bits per heavy atom. The molecule has 2 aromatic rings. The summed E-state index contributed by atoms with van der Waals surface area (Å²) in [5, 5.41) is 13.5. The molecule has 18 heavy (non-hydrogen) atoms. The third-order valence-electron chi connectivity index (χ3n) is 2.38. The lowest BCUT2D eigenvalue weighted by Gasteiger charge is -2.01. The van der Waals surface area contributed by atoms with Crippen molar-refractivity contribution in [1.82, 2.24) is 10.1 Å². The highest BCUT2D eigenvalue weighted by Crippen LogP contribution is 2.27. The van der Waals surface area contributed by atoms with E-state index in [1.165, 1.54) is 0 Å². The van der Waals surface area contributed by atoms with Gasteiger partial charge in [0, 0.05) is 12.2 Å². The van der Waals surface area contributed by atoms with E-state index in [1.54, 1.807) is 18.2 Å². The molecule has 7 heteroatoms. The van der Waals surface area contributed by atoms with Gasteiger partial charge in [0.1, 0.15) is 0 Å². The van der Waals surface area contributed by atoms with E-state index in [0.29, 0.717) is 27.9 Å². The summed E-state index contributed by atoms with van der Waals surface area (Å²) >= 11 is 11.7. The number of nitrogens with two attached hydrogens (primary N) is 1. The first-order valence-electron chi connectivity index (χ1n) is 5.27. The first kappa shape index (κ1) is 13.3. The van der Waals surface area contributed by atoms with Gasteiger partial charge in [-0.25, -0.2) is 0 Å². The first-order chi connectivity index (χ1) is 8.61. The van der Waals surface area contributed by atoms with Crippen molar-refractivity contribution in [3.8, 4) is 11.4 Å². The fourth-order valence-corrected chi connectivity index (χ4v) is 1.70. The van der Waals surface area contributed by atoms with E-state index in [1.807, 2.05) is 0 Å². The van der Waals surface area contributed by atoms with Crippen LogP contribution in [0.3, 0.4) is 0 Å². The Morgan fingerprint density at radius 1 is 1.33 bits per heavy atom. The zero-order valence-corrected chi connectivity index (χ0v) is 10.8. The monoisotopic (exact) mass is 287 g/mol. The van der Waals surface area contributed by atoms with Crippen LogP contribution in [-0.2, 0) is 0 Å². The minimum absolute atomic E-state index is 0.0361. The molecule has 1 aromatic carbocycles. The summed E-state index contributed by atoms with van der Waals surface area (Å²) in [7, 11) is 0. The van der Waals surface area contributed by atoms with Crippen LogP contribution in [0.5, 0.6) is 0 Å². The maximum atomic E-state index is 8.79. The summed E-state index contributed by atoms with van der Waals surface area (Å²) in [4.78, 5) is 4.15. The molecule has 0 amide bonds. The molecule has 0 spiro atoms. The number of hydrogen-bond donors (Lipinski definition) is 2. The van der Waals surface area contributed by atoms with E-state index in [2.05, 4.69) is 10.1 Å². The molecule has 1 aromatic heterocycles. The summed E-state index contributed by atoms with van der Waals surface area (Å²) in [5.41, 5.74) is 6.44. The van der Waals surface area contributed by atoms with Gasteiger partial charge in [0.15, 0.2) is 0 Å². The number of aliphatic hydroxyl groups excluding tert-OH is 1. The van der Waals surface area contributed by atoms with E-state index >= 15 is 0 Å². The molecule has 0 bridgehead atoms. The predicted molar refractivity (Wildman–Crippen MR) is 68.4 cm³/mol. The van der Waals surface area contributed by atoms with Crippen molar-refractivity contribution >= 4 is 23.2 Å². The molecular formula is C11H11Cl2N3O2. The minimum atomic E-state index is -0.473. The predicted octanol–water partition coefficient (Wildman–Crippen LogP) is 2.43. The van der Waals surface area contributed by atoms with Gasteiger partial charge in [-0.2, -0.15) is 4.98 Å². The number of nitrogens with zero attached hydrogens (tertiary/aromatic N) is 2. The van der Waals surface area contributed by atoms with Crippen LogP contribution in [0.1, 0.15) is 18.4 Å². The van der Waals surface area contributed by atoms with Crippen LogP contribution in [0.15, 0.2) is 22.7 Å². The van der Waals surface area contributed by atoms with Crippen molar-refractivity contribution < 1.29 is 9.63 Å². The zero-order chi connectivity index (χ0) is 13.1. The van der Waals surface area contributed by atoms with E-state index in [-0.39, 0.29) is 12.5 Å². The Hall–Kier alpha value is -1.14. The van der Waals surface area contributed by atoms with E-state index in [0.717, 1.165) is 0 Å². The lowest BCUT2D eigenvalue weighted by Crippen LogP contribution is -2.12. The molecule has 2 rings (SSSR count). The lowest BCUT2D eigenvalue weighted by atomic mass is 10.2. The molecule has 96 valence electrons. The molecule has 1 heterocycles.